The van der Waals surface area contributed by atoms with Crippen LogP contribution in [0.1, 0.15) is 5.56 Å². The molecule has 0 spiro atoms. The lowest BCUT2D eigenvalue weighted by Crippen LogP contribution is -2.07. The number of para-hydroxylation sites is 1. The maximum absolute atomic E-state index is 5.34. The molecule has 0 aliphatic carbocycles. The third kappa shape index (κ3) is 3.49. The second-order valence-electron chi connectivity index (χ2n) is 5.30. The topological polar surface area (TPSA) is 59.2 Å². The van der Waals surface area contributed by atoms with Crippen LogP contribution in [0.15, 0.2) is 42.5 Å². The van der Waals surface area contributed by atoms with Gasteiger partial charge < -0.3 is 19.8 Å². The van der Waals surface area contributed by atoms with Crippen LogP contribution in [0.4, 0.5) is 5.82 Å². The molecule has 24 heavy (non-hydrogen) atoms. The summed E-state index contributed by atoms with van der Waals surface area (Å²) in [7, 11) is 3.27. The number of aromatic nitrogens is 2. The van der Waals surface area contributed by atoms with E-state index in [1.807, 2.05) is 42.5 Å². The predicted octanol–water partition coefficient (Wildman–Crippen LogP) is 3.96. The normalized spacial score (nSPS) is 10.6. The van der Waals surface area contributed by atoms with Gasteiger partial charge in [-0.1, -0.05) is 18.2 Å². The molecular weight excluding hydrogens is 322 g/mol. The summed E-state index contributed by atoms with van der Waals surface area (Å²) in [6.45, 7) is 0.741. The van der Waals surface area contributed by atoms with Gasteiger partial charge in [-0.15, -0.1) is 0 Å². The molecule has 0 bridgehead atoms. The van der Waals surface area contributed by atoms with Crippen molar-refractivity contribution in [1.29, 1.82) is 0 Å². The summed E-state index contributed by atoms with van der Waals surface area (Å²) in [6, 6.07) is 13.9. The number of ether oxygens (including phenoxy) is 2. The van der Waals surface area contributed by atoms with E-state index in [9.17, 15) is 0 Å². The second kappa shape index (κ2) is 7.31. The molecule has 3 rings (SSSR count). The van der Waals surface area contributed by atoms with Crippen molar-refractivity contribution in [2.24, 2.45) is 0 Å². The second-order valence-corrected chi connectivity index (χ2v) is 5.69. The molecule has 3 aromatic rings. The lowest BCUT2D eigenvalue weighted by atomic mass is 10.1. The number of methoxy groups -OCH3 is 2. The first-order valence-corrected chi connectivity index (χ1v) is 8.06. The Hall–Kier alpha value is -2.60. The van der Waals surface area contributed by atoms with Crippen molar-refractivity contribution in [1.82, 2.24) is 9.97 Å². The average Bonchev–Trinajstić information content (AvgIpc) is 2.61. The van der Waals surface area contributed by atoms with E-state index in [1.54, 1.807) is 14.2 Å². The summed E-state index contributed by atoms with van der Waals surface area (Å²) in [5.41, 5.74) is 2.14. The van der Waals surface area contributed by atoms with E-state index in [-0.39, 0.29) is 0 Å². The zero-order valence-electron chi connectivity index (χ0n) is 13.6. The highest BCUT2D eigenvalue weighted by molar-refractivity contribution is 7.71. The van der Waals surface area contributed by atoms with Gasteiger partial charge in [0.25, 0.3) is 0 Å². The number of nitrogens with one attached hydrogen (secondary N) is 2. The largest absolute Gasteiger partial charge is 0.493 e. The van der Waals surface area contributed by atoms with Gasteiger partial charge in [-0.05, 0) is 48.5 Å². The minimum atomic E-state index is 0.474. The molecule has 6 heteroatoms. The number of hydrogen-bond donors (Lipinski definition) is 2. The van der Waals surface area contributed by atoms with E-state index in [1.165, 1.54) is 0 Å². The molecule has 124 valence electrons. The number of benzene rings is 2. The number of fused-ring (bicyclic) bond motifs is 1. The molecule has 0 amide bonds. The quantitative estimate of drug-likeness (QED) is 0.665. The number of hydrogen-bond acceptors (Lipinski definition) is 5. The Morgan fingerprint density at radius 2 is 1.88 bits per heavy atom. The van der Waals surface area contributed by atoms with Gasteiger partial charge in [-0.25, -0.2) is 4.98 Å². The van der Waals surface area contributed by atoms with Crippen LogP contribution < -0.4 is 14.8 Å². The van der Waals surface area contributed by atoms with E-state index in [2.05, 4.69) is 15.3 Å². The van der Waals surface area contributed by atoms with Crippen LogP contribution in [-0.4, -0.2) is 30.7 Å². The number of H-pyrrole nitrogens is 1. The number of aromatic amines is 1. The monoisotopic (exact) mass is 341 g/mol. The third-order valence-electron chi connectivity index (χ3n) is 3.79. The van der Waals surface area contributed by atoms with Crippen LogP contribution in [0.5, 0.6) is 11.5 Å². The third-order valence-corrected chi connectivity index (χ3v) is 3.98. The molecule has 2 N–H and O–H groups in total. The van der Waals surface area contributed by atoms with E-state index < -0.39 is 0 Å². The zero-order chi connectivity index (χ0) is 16.9. The first kappa shape index (κ1) is 16.3. The lowest BCUT2D eigenvalue weighted by molar-refractivity contribution is 0.354. The molecule has 2 aromatic carbocycles. The Bertz CT molecular complexity index is 908. The van der Waals surface area contributed by atoms with Crippen LogP contribution in [0.2, 0.25) is 0 Å². The molecule has 1 aromatic heterocycles. The van der Waals surface area contributed by atoms with Crippen LogP contribution >= 0.6 is 12.2 Å². The molecule has 5 nitrogen and oxygen atoms in total. The highest BCUT2D eigenvalue weighted by Gasteiger charge is 2.06. The summed E-state index contributed by atoms with van der Waals surface area (Å²) in [5.74, 6) is 2.27. The Labute approximate surface area is 145 Å². The van der Waals surface area contributed by atoms with Crippen molar-refractivity contribution in [2.75, 3.05) is 26.1 Å². The molecule has 0 radical (unpaired) electrons. The van der Waals surface area contributed by atoms with Crippen molar-refractivity contribution < 1.29 is 9.47 Å². The van der Waals surface area contributed by atoms with Gasteiger partial charge in [0.15, 0.2) is 16.3 Å². The molecule has 0 atom stereocenters. The smallest absolute Gasteiger partial charge is 0.199 e. The van der Waals surface area contributed by atoms with E-state index in [0.717, 1.165) is 46.7 Å². The van der Waals surface area contributed by atoms with E-state index >= 15 is 0 Å². The highest BCUT2D eigenvalue weighted by Crippen LogP contribution is 2.27. The number of rotatable bonds is 6. The molecule has 0 unspecified atom stereocenters. The van der Waals surface area contributed by atoms with E-state index in [4.69, 9.17) is 21.7 Å². The standard InChI is InChI=1S/C18H19N3O2S/c1-22-15-8-7-12(11-16(15)23-2)9-10-19-17-13-5-3-4-6-14(13)20-18(24)21-17/h3-8,11H,9-10H2,1-2H3,(H2,19,20,21,24). The van der Waals surface area contributed by atoms with Gasteiger partial charge in [-0.3, -0.25) is 0 Å². The van der Waals surface area contributed by atoms with Crippen molar-refractivity contribution in [3.8, 4) is 11.5 Å². The van der Waals surface area contributed by atoms with Gasteiger partial charge >= 0.3 is 0 Å². The van der Waals surface area contributed by atoms with Gasteiger partial charge in [0.05, 0.1) is 19.7 Å². The average molecular weight is 341 g/mol. The summed E-state index contributed by atoms with van der Waals surface area (Å²) in [4.78, 5) is 7.50. The van der Waals surface area contributed by atoms with Crippen molar-refractivity contribution >= 4 is 28.9 Å². The minimum Gasteiger partial charge on any atom is -0.493 e. The maximum atomic E-state index is 5.34. The van der Waals surface area contributed by atoms with Crippen molar-refractivity contribution in [2.45, 2.75) is 6.42 Å². The fraction of sp³-hybridized carbons (Fsp3) is 0.222. The number of anilines is 1. The Morgan fingerprint density at radius 1 is 1.08 bits per heavy atom. The lowest BCUT2D eigenvalue weighted by Gasteiger charge is -2.11. The fourth-order valence-corrected chi connectivity index (χ4v) is 2.80. The first-order valence-electron chi connectivity index (χ1n) is 7.65. The number of nitrogens with zero attached hydrogens (tertiary/aromatic N) is 1. The Morgan fingerprint density at radius 3 is 2.67 bits per heavy atom. The summed E-state index contributed by atoms with van der Waals surface area (Å²) in [6.07, 6.45) is 0.835. The highest BCUT2D eigenvalue weighted by atomic mass is 32.1. The molecule has 0 aliphatic heterocycles. The molecule has 0 saturated heterocycles. The van der Waals surface area contributed by atoms with Gasteiger partial charge in [0.1, 0.15) is 5.82 Å². The van der Waals surface area contributed by atoms with Crippen LogP contribution in [0, 0.1) is 4.77 Å². The van der Waals surface area contributed by atoms with E-state index in [0.29, 0.717) is 4.77 Å². The summed E-state index contributed by atoms with van der Waals surface area (Å²) < 4.78 is 11.1. The Kier molecular flexibility index (Phi) is 4.96. The van der Waals surface area contributed by atoms with Crippen LogP contribution in [0.25, 0.3) is 10.9 Å². The molecular formula is C18H19N3O2S. The SMILES string of the molecule is COc1ccc(CCNc2nc(=S)[nH]c3ccccc23)cc1OC. The molecule has 0 fully saturated rings. The van der Waals surface area contributed by atoms with Gasteiger partial charge in [0.2, 0.25) is 0 Å². The molecule has 0 aliphatic rings. The predicted molar refractivity (Wildman–Crippen MR) is 98.7 cm³/mol. The first-order chi connectivity index (χ1) is 11.7. The van der Waals surface area contributed by atoms with Gasteiger partial charge in [-0.2, -0.15) is 0 Å². The maximum Gasteiger partial charge on any atom is 0.199 e. The van der Waals surface area contributed by atoms with Crippen LogP contribution in [0.3, 0.4) is 0 Å². The van der Waals surface area contributed by atoms with Gasteiger partial charge in [0, 0.05) is 11.9 Å². The zero-order valence-corrected chi connectivity index (χ0v) is 14.4. The van der Waals surface area contributed by atoms with Crippen LogP contribution in [-0.2, 0) is 6.42 Å². The Balaban J connectivity index is 1.74. The molecule has 1 heterocycles. The summed E-state index contributed by atoms with van der Waals surface area (Å²) >= 11 is 5.19. The van der Waals surface area contributed by atoms with Crippen molar-refractivity contribution in [3.05, 3.63) is 52.8 Å². The van der Waals surface area contributed by atoms with Crippen molar-refractivity contribution in [3.63, 3.8) is 0 Å². The fourth-order valence-electron chi connectivity index (χ4n) is 2.60. The molecule has 0 saturated carbocycles. The summed E-state index contributed by atoms with van der Waals surface area (Å²) in [5, 5.41) is 4.40. The minimum absolute atomic E-state index is 0.474.